The first kappa shape index (κ1) is 26.8. The van der Waals surface area contributed by atoms with E-state index in [1.54, 1.807) is 11.6 Å². The van der Waals surface area contributed by atoms with E-state index in [1.165, 1.54) is 51.4 Å². The molecule has 0 bridgehead atoms. The summed E-state index contributed by atoms with van der Waals surface area (Å²) in [5.74, 6) is 6.10. The molecule has 0 radical (unpaired) electrons. The van der Waals surface area contributed by atoms with Gasteiger partial charge in [0, 0.05) is 12.1 Å². The summed E-state index contributed by atoms with van der Waals surface area (Å²) >= 11 is 0. The minimum absolute atomic E-state index is 0.000725. The summed E-state index contributed by atoms with van der Waals surface area (Å²) in [4.78, 5) is 12.9. The Morgan fingerprint density at radius 2 is 1.84 bits per heavy atom. The topological polar surface area (TPSA) is 52.3 Å². The van der Waals surface area contributed by atoms with Gasteiger partial charge in [0.25, 0.3) is 0 Å². The lowest BCUT2D eigenvalue weighted by atomic mass is 9.50. The van der Waals surface area contributed by atoms with Gasteiger partial charge in [-0.15, -0.1) is 0 Å². The van der Waals surface area contributed by atoms with Crippen LogP contribution < -0.4 is 5.73 Å². The van der Waals surface area contributed by atoms with Gasteiger partial charge in [0.05, 0.1) is 5.56 Å². The van der Waals surface area contributed by atoms with E-state index in [9.17, 15) is 4.79 Å². The van der Waals surface area contributed by atoms with Crippen molar-refractivity contribution >= 4 is 11.7 Å². The van der Waals surface area contributed by atoms with Crippen molar-refractivity contribution in [3.05, 3.63) is 41.0 Å². The van der Waals surface area contributed by atoms with E-state index >= 15 is 0 Å². The summed E-state index contributed by atoms with van der Waals surface area (Å²) in [5, 5.41) is 0. The molecule has 3 saturated carbocycles. The highest BCUT2D eigenvalue weighted by molar-refractivity contribution is 5.91. The molecule has 0 amide bonds. The summed E-state index contributed by atoms with van der Waals surface area (Å²) in [5.41, 5.74) is 9.99. The Labute approximate surface area is 226 Å². The molecule has 204 valence electrons. The molecule has 0 aliphatic heterocycles. The molecule has 3 fully saturated rings. The summed E-state index contributed by atoms with van der Waals surface area (Å²) in [7, 11) is 0. The second-order valence-electron chi connectivity index (χ2n) is 13.9. The van der Waals surface area contributed by atoms with Crippen molar-refractivity contribution in [1.82, 2.24) is 0 Å². The Hall–Kier alpha value is -1.77. The molecule has 0 saturated heterocycles. The van der Waals surface area contributed by atoms with Crippen molar-refractivity contribution < 1.29 is 9.53 Å². The first-order chi connectivity index (χ1) is 17.7. The highest BCUT2D eigenvalue weighted by Crippen LogP contribution is 2.63. The average Bonchev–Trinajstić information content (AvgIpc) is 3.28. The summed E-state index contributed by atoms with van der Waals surface area (Å²) in [6, 6.07) is 5.46. The van der Waals surface area contributed by atoms with E-state index < -0.39 is 0 Å². The molecule has 4 aliphatic rings. The lowest BCUT2D eigenvalue weighted by molar-refractivity contribution is -0.0240. The Morgan fingerprint density at radius 3 is 2.59 bits per heavy atom. The molecular formula is C34H51NO2. The number of nitrogen functional groups attached to an aromatic ring is 1. The van der Waals surface area contributed by atoms with E-state index in [0.717, 1.165) is 66.3 Å². The van der Waals surface area contributed by atoms with Gasteiger partial charge in [0.2, 0.25) is 0 Å². The van der Waals surface area contributed by atoms with E-state index in [0.29, 0.717) is 16.7 Å². The SMILES string of the molecule is Cc1cc(N)ccc1C(=O)O[C@H]1CC[C@@]2(C)C(=CC[C@H]3C4CC[C@H]([C@H](C)CCCC(C)C)C4CCC32)C1. The number of esters is 1. The number of anilines is 1. The van der Waals surface area contributed by atoms with Crippen molar-refractivity contribution in [2.75, 3.05) is 5.73 Å². The van der Waals surface area contributed by atoms with Crippen LogP contribution in [-0.4, -0.2) is 12.1 Å². The van der Waals surface area contributed by atoms with Crippen molar-refractivity contribution in [2.45, 2.75) is 111 Å². The van der Waals surface area contributed by atoms with Crippen LogP contribution in [0.5, 0.6) is 0 Å². The van der Waals surface area contributed by atoms with Crippen LogP contribution in [0.3, 0.4) is 0 Å². The molecule has 8 atom stereocenters. The van der Waals surface area contributed by atoms with Gasteiger partial charge in [-0.05, 0) is 122 Å². The first-order valence-corrected chi connectivity index (χ1v) is 15.4. The number of ether oxygens (including phenoxy) is 1. The predicted octanol–water partition coefficient (Wildman–Crippen LogP) is 8.75. The monoisotopic (exact) mass is 505 g/mol. The van der Waals surface area contributed by atoms with Crippen molar-refractivity contribution in [1.29, 1.82) is 0 Å². The van der Waals surface area contributed by atoms with Crippen LogP contribution in [0.2, 0.25) is 0 Å². The number of carbonyl (C=O) groups excluding carboxylic acids is 1. The largest absolute Gasteiger partial charge is 0.458 e. The zero-order valence-electron chi connectivity index (χ0n) is 24.1. The molecule has 3 heteroatoms. The molecule has 0 heterocycles. The molecule has 0 aromatic heterocycles. The van der Waals surface area contributed by atoms with Crippen molar-refractivity contribution in [2.24, 2.45) is 46.8 Å². The van der Waals surface area contributed by atoms with Gasteiger partial charge in [-0.3, -0.25) is 0 Å². The van der Waals surface area contributed by atoms with E-state index in [2.05, 4.69) is 33.8 Å². The third kappa shape index (κ3) is 5.26. The molecule has 1 aromatic rings. The summed E-state index contributed by atoms with van der Waals surface area (Å²) in [6.45, 7) is 11.8. The van der Waals surface area contributed by atoms with Gasteiger partial charge in [0.15, 0.2) is 0 Å². The smallest absolute Gasteiger partial charge is 0.338 e. The number of benzene rings is 1. The fraction of sp³-hybridized carbons (Fsp3) is 0.735. The molecule has 3 nitrogen and oxygen atoms in total. The van der Waals surface area contributed by atoms with Gasteiger partial charge >= 0.3 is 5.97 Å². The molecule has 3 unspecified atom stereocenters. The Kier molecular flexibility index (Phi) is 7.81. The van der Waals surface area contributed by atoms with Gasteiger partial charge < -0.3 is 10.5 Å². The van der Waals surface area contributed by atoms with Gasteiger partial charge in [0.1, 0.15) is 6.10 Å². The predicted molar refractivity (Wildman–Crippen MR) is 153 cm³/mol. The number of aryl methyl sites for hydroxylation is 1. The normalized spacial score (nSPS) is 35.8. The van der Waals surface area contributed by atoms with Crippen LogP contribution in [-0.2, 0) is 4.74 Å². The van der Waals surface area contributed by atoms with Crippen molar-refractivity contribution in [3.8, 4) is 0 Å². The van der Waals surface area contributed by atoms with Crippen LogP contribution in [0, 0.1) is 53.8 Å². The molecule has 5 rings (SSSR count). The molecule has 0 spiro atoms. The summed E-state index contributed by atoms with van der Waals surface area (Å²) in [6.07, 6.45) is 16.9. The highest BCUT2D eigenvalue weighted by Gasteiger charge is 2.54. The highest BCUT2D eigenvalue weighted by atomic mass is 16.5. The number of hydrogen-bond donors (Lipinski definition) is 1. The first-order valence-electron chi connectivity index (χ1n) is 15.4. The van der Waals surface area contributed by atoms with Crippen LogP contribution in [0.1, 0.15) is 114 Å². The van der Waals surface area contributed by atoms with Crippen molar-refractivity contribution in [3.63, 3.8) is 0 Å². The third-order valence-corrected chi connectivity index (χ3v) is 11.3. The van der Waals surface area contributed by atoms with E-state index in [-0.39, 0.29) is 12.1 Å². The van der Waals surface area contributed by atoms with E-state index in [1.807, 2.05) is 19.1 Å². The lowest BCUT2D eigenvalue weighted by Gasteiger charge is -2.55. The maximum Gasteiger partial charge on any atom is 0.338 e. The zero-order chi connectivity index (χ0) is 26.3. The van der Waals surface area contributed by atoms with Gasteiger partial charge in [-0.2, -0.15) is 0 Å². The van der Waals surface area contributed by atoms with Crippen LogP contribution in [0.25, 0.3) is 0 Å². The number of hydrogen-bond acceptors (Lipinski definition) is 3. The minimum Gasteiger partial charge on any atom is -0.458 e. The van der Waals surface area contributed by atoms with E-state index in [4.69, 9.17) is 10.5 Å². The third-order valence-electron chi connectivity index (χ3n) is 11.3. The number of fused-ring (bicyclic) bond motifs is 5. The number of allylic oxidation sites excluding steroid dienone is 1. The molecule has 37 heavy (non-hydrogen) atoms. The molecule has 1 aromatic carbocycles. The fourth-order valence-electron chi connectivity index (χ4n) is 9.33. The molecule has 4 aliphatic carbocycles. The molecular weight excluding hydrogens is 454 g/mol. The zero-order valence-corrected chi connectivity index (χ0v) is 24.1. The standard InChI is InChI=1S/C34H51NO2/c1-21(2)7-6-8-22(3)27-13-14-30-29(27)15-16-32-31(30)11-9-24-20-26(17-18-34(24,32)5)37-33(36)28-12-10-25(35)19-23(28)4/h9-10,12,19,21-22,26-27,29-32H,6-8,11,13-18,20,35H2,1-5H3/t22-,26+,27-,29?,30?,31+,32?,34+/m1/s1. The minimum atomic E-state index is -0.194. The number of nitrogens with two attached hydrogens (primary N) is 1. The van der Waals surface area contributed by atoms with Gasteiger partial charge in [-0.1, -0.05) is 58.6 Å². The number of carbonyl (C=O) groups is 1. The van der Waals surface area contributed by atoms with Crippen LogP contribution in [0.15, 0.2) is 29.8 Å². The second kappa shape index (κ2) is 10.8. The maximum atomic E-state index is 12.9. The Bertz CT molecular complexity index is 1010. The van der Waals surface area contributed by atoms with Crippen LogP contribution in [0.4, 0.5) is 5.69 Å². The Balaban J connectivity index is 1.22. The average molecular weight is 506 g/mol. The van der Waals surface area contributed by atoms with Crippen LogP contribution >= 0.6 is 0 Å². The summed E-state index contributed by atoms with van der Waals surface area (Å²) < 4.78 is 6.06. The Morgan fingerprint density at radius 1 is 1.05 bits per heavy atom. The second-order valence-corrected chi connectivity index (χ2v) is 13.9. The lowest BCUT2D eigenvalue weighted by Crippen LogP contribution is -2.48. The fourth-order valence-corrected chi connectivity index (χ4v) is 9.33. The quantitative estimate of drug-likeness (QED) is 0.229. The van der Waals surface area contributed by atoms with Gasteiger partial charge in [-0.25, -0.2) is 4.79 Å². The maximum absolute atomic E-state index is 12.9. The molecule has 2 N–H and O–H groups in total. The number of rotatable bonds is 7.